The number of aromatic nitrogens is 1. The number of pyridine rings is 1. The first-order chi connectivity index (χ1) is 11.9. The van der Waals surface area contributed by atoms with E-state index in [4.69, 9.17) is 4.98 Å². The molecule has 24 heavy (non-hydrogen) atoms. The molecule has 0 atom stereocenters. The minimum absolute atomic E-state index is 0.738. The van der Waals surface area contributed by atoms with Gasteiger partial charge in [0.2, 0.25) is 0 Å². The Morgan fingerprint density at radius 1 is 0.833 bits per heavy atom. The highest BCUT2D eigenvalue weighted by Gasteiger charge is 2.23. The fraction of sp³-hybridized carbons (Fsp3) is 0.143. The highest BCUT2D eigenvalue weighted by atomic mass is 16.4. The SMILES string of the molecule is O/N=C1\CCCc2nc(-c3ccccc3)cc(-c3ccccc3)c21. The Hall–Kier alpha value is -2.94. The zero-order valence-electron chi connectivity index (χ0n) is 13.3. The number of aryl methyl sites for hydroxylation is 1. The van der Waals surface area contributed by atoms with Gasteiger partial charge < -0.3 is 5.21 Å². The van der Waals surface area contributed by atoms with Gasteiger partial charge in [0.15, 0.2) is 0 Å². The van der Waals surface area contributed by atoms with Gasteiger partial charge in [-0.3, -0.25) is 4.98 Å². The third-order valence-electron chi connectivity index (χ3n) is 4.49. The molecular formula is C21H18N2O. The molecule has 0 radical (unpaired) electrons. The Labute approximate surface area is 141 Å². The molecule has 0 bridgehead atoms. The van der Waals surface area contributed by atoms with Crippen LogP contribution in [0.25, 0.3) is 22.4 Å². The van der Waals surface area contributed by atoms with E-state index in [-0.39, 0.29) is 0 Å². The van der Waals surface area contributed by atoms with Gasteiger partial charge in [-0.2, -0.15) is 0 Å². The molecule has 1 heterocycles. The topological polar surface area (TPSA) is 45.5 Å². The summed E-state index contributed by atoms with van der Waals surface area (Å²) in [5.74, 6) is 0. The summed E-state index contributed by atoms with van der Waals surface area (Å²) >= 11 is 0. The Kier molecular flexibility index (Phi) is 3.83. The maximum Gasteiger partial charge on any atom is 0.0892 e. The maximum absolute atomic E-state index is 9.46. The van der Waals surface area contributed by atoms with Crippen molar-refractivity contribution in [2.45, 2.75) is 19.3 Å². The number of oxime groups is 1. The van der Waals surface area contributed by atoms with Crippen LogP contribution in [0.3, 0.4) is 0 Å². The summed E-state index contributed by atoms with van der Waals surface area (Å²) in [6.07, 6.45) is 2.66. The molecule has 1 N–H and O–H groups in total. The highest BCUT2D eigenvalue weighted by molar-refractivity contribution is 6.07. The van der Waals surface area contributed by atoms with Crippen molar-refractivity contribution < 1.29 is 5.21 Å². The summed E-state index contributed by atoms with van der Waals surface area (Å²) in [5.41, 5.74) is 7.03. The number of rotatable bonds is 2. The van der Waals surface area contributed by atoms with Crippen LogP contribution in [0.5, 0.6) is 0 Å². The van der Waals surface area contributed by atoms with E-state index in [1.54, 1.807) is 0 Å². The molecule has 0 saturated carbocycles. The highest BCUT2D eigenvalue weighted by Crippen LogP contribution is 2.34. The van der Waals surface area contributed by atoms with E-state index in [1.165, 1.54) is 0 Å². The van der Waals surface area contributed by atoms with Crippen LogP contribution in [0.4, 0.5) is 0 Å². The summed E-state index contributed by atoms with van der Waals surface area (Å²) in [6, 6.07) is 22.6. The molecule has 0 unspecified atom stereocenters. The molecular weight excluding hydrogens is 296 g/mol. The minimum atomic E-state index is 0.738. The monoisotopic (exact) mass is 314 g/mol. The molecule has 2 aromatic carbocycles. The van der Waals surface area contributed by atoms with Crippen LogP contribution in [0, 0.1) is 0 Å². The van der Waals surface area contributed by atoms with E-state index in [2.05, 4.69) is 35.5 Å². The van der Waals surface area contributed by atoms with Crippen molar-refractivity contribution >= 4 is 5.71 Å². The van der Waals surface area contributed by atoms with Crippen LogP contribution in [0.1, 0.15) is 24.1 Å². The molecule has 3 nitrogen and oxygen atoms in total. The first kappa shape index (κ1) is 14.6. The number of hydrogen-bond donors (Lipinski definition) is 1. The first-order valence-electron chi connectivity index (χ1n) is 8.23. The minimum Gasteiger partial charge on any atom is -0.411 e. The second-order valence-corrected chi connectivity index (χ2v) is 6.01. The van der Waals surface area contributed by atoms with Gasteiger partial charge in [-0.1, -0.05) is 65.8 Å². The van der Waals surface area contributed by atoms with Crippen LogP contribution >= 0.6 is 0 Å². The lowest BCUT2D eigenvalue weighted by atomic mass is 9.86. The van der Waals surface area contributed by atoms with Crippen molar-refractivity contribution in [3.05, 3.63) is 78.0 Å². The fourth-order valence-electron chi connectivity index (χ4n) is 3.35. The molecule has 0 amide bonds. The van der Waals surface area contributed by atoms with Gasteiger partial charge >= 0.3 is 0 Å². The van der Waals surface area contributed by atoms with Gasteiger partial charge in [-0.05, 0) is 36.5 Å². The van der Waals surface area contributed by atoms with Gasteiger partial charge in [0.25, 0.3) is 0 Å². The Balaban J connectivity index is 1.99. The van der Waals surface area contributed by atoms with Gasteiger partial charge in [0.05, 0.1) is 17.1 Å². The summed E-state index contributed by atoms with van der Waals surface area (Å²) in [5, 5.41) is 13.0. The molecule has 1 aliphatic carbocycles. The number of nitrogens with zero attached hydrogens (tertiary/aromatic N) is 2. The third kappa shape index (κ3) is 2.58. The van der Waals surface area contributed by atoms with E-state index in [1.807, 2.05) is 36.4 Å². The first-order valence-corrected chi connectivity index (χ1v) is 8.23. The van der Waals surface area contributed by atoms with E-state index in [9.17, 15) is 5.21 Å². The lowest BCUT2D eigenvalue weighted by Crippen LogP contribution is -2.16. The predicted molar refractivity (Wildman–Crippen MR) is 96.4 cm³/mol. The lowest BCUT2D eigenvalue weighted by Gasteiger charge is -2.21. The van der Waals surface area contributed by atoms with Crippen LogP contribution in [-0.2, 0) is 6.42 Å². The third-order valence-corrected chi connectivity index (χ3v) is 4.49. The Morgan fingerprint density at radius 3 is 2.17 bits per heavy atom. The Morgan fingerprint density at radius 2 is 1.50 bits per heavy atom. The van der Waals surface area contributed by atoms with E-state index < -0.39 is 0 Å². The molecule has 0 saturated heterocycles. The largest absolute Gasteiger partial charge is 0.411 e. The second kappa shape index (κ2) is 6.28. The summed E-state index contributed by atoms with van der Waals surface area (Å²) in [7, 11) is 0. The van der Waals surface area contributed by atoms with Gasteiger partial charge in [-0.25, -0.2) is 0 Å². The molecule has 3 aromatic rings. The quantitative estimate of drug-likeness (QED) is 0.538. The van der Waals surface area contributed by atoms with Gasteiger partial charge in [0, 0.05) is 11.1 Å². The molecule has 1 aliphatic rings. The van der Waals surface area contributed by atoms with Crippen molar-refractivity contribution in [1.29, 1.82) is 0 Å². The normalized spacial score (nSPS) is 15.2. The Bertz CT molecular complexity index is 886. The molecule has 0 spiro atoms. The standard InChI is InChI=1S/C21H18N2O/c24-23-19-13-7-12-18-21(19)17(15-8-3-1-4-9-15)14-20(22-18)16-10-5-2-6-11-16/h1-6,8-11,14,24H,7,12-13H2/b23-19+. The average molecular weight is 314 g/mol. The molecule has 118 valence electrons. The smallest absolute Gasteiger partial charge is 0.0892 e. The number of hydrogen-bond acceptors (Lipinski definition) is 3. The molecule has 1 aromatic heterocycles. The van der Waals surface area contributed by atoms with Crippen molar-refractivity contribution in [1.82, 2.24) is 4.98 Å². The zero-order chi connectivity index (χ0) is 16.4. The number of fused-ring (bicyclic) bond motifs is 1. The van der Waals surface area contributed by atoms with Crippen molar-refractivity contribution in [2.24, 2.45) is 5.16 Å². The second-order valence-electron chi connectivity index (χ2n) is 6.01. The van der Waals surface area contributed by atoms with E-state index >= 15 is 0 Å². The average Bonchev–Trinajstić information content (AvgIpc) is 2.68. The molecule has 0 fully saturated rings. The lowest BCUT2D eigenvalue weighted by molar-refractivity contribution is 0.317. The van der Waals surface area contributed by atoms with Crippen molar-refractivity contribution in [3.63, 3.8) is 0 Å². The molecule has 3 heteroatoms. The van der Waals surface area contributed by atoms with Gasteiger partial charge in [0.1, 0.15) is 0 Å². The van der Waals surface area contributed by atoms with E-state index in [0.29, 0.717) is 0 Å². The zero-order valence-corrected chi connectivity index (χ0v) is 13.3. The van der Waals surface area contributed by atoms with Crippen LogP contribution in [0.15, 0.2) is 71.9 Å². The summed E-state index contributed by atoms with van der Waals surface area (Å²) in [4.78, 5) is 4.88. The van der Waals surface area contributed by atoms with Crippen LogP contribution in [-0.4, -0.2) is 15.9 Å². The fourth-order valence-corrected chi connectivity index (χ4v) is 3.35. The predicted octanol–water partition coefficient (Wildman–Crippen LogP) is 4.93. The van der Waals surface area contributed by atoms with Crippen molar-refractivity contribution in [2.75, 3.05) is 0 Å². The van der Waals surface area contributed by atoms with Crippen LogP contribution < -0.4 is 0 Å². The summed E-state index contributed by atoms with van der Waals surface area (Å²) in [6.45, 7) is 0. The maximum atomic E-state index is 9.46. The summed E-state index contributed by atoms with van der Waals surface area (Å²) < 4.78 is 0. The van der Waals surface area contributed by atoms with Crippen molar-refractivity contribution in [3.8, 4) is 22.4 Å². The van der Waals surface area contributed by atoms with Crippen LogP contribution in [0.2, 0.25) is 0 Å². The van der Waals surface area contributed by atoms with Gasteiger partial charge in [-0.15, -0.1) is 0 Å². The molecule has 4 rings (SSSR count). The number of benzene rings is 2. The molecule has 0 aliphatic heterocycles. The van der Waals surface area contributed by atoms with E-state index in [0.717, 1.165) is 58.6 Å².